The second-order valence-electron chi connectivity index (χ2n) is 9.82. The lowest BCUT2D eigenvalue weighted by Gasteiger charge is -2.31. The lowest BCUT2D eigenvalue weighted by Crippen LogP contribution is -2.43. The number of rotatable bonds is 7. The van der Waals surface area contributed by atoms with Crippen LogP contribution in [0, 0.1) is 5.82 Å². The number of ether oxygens (including phenoxy) is 2. The van der Waals surface area contributed by atoms with Gasteiger partial charge in [0, 0.05) is 25.4 Å². The molecule has 1 N–H and O–H groups in total. The van der Waals surface area contributed by atoms with Crippen LogP contribution in [0.1, 0.15) is 37.9 Å². The number of halogens is 3. The molecule has 14 heteroatoms. The molecule has 202 valence electrons. The van der Waals surface area contributed by atoms with E-state index < -0.39 is 17.5 Å². The number of anilines is 2. The summed E-state index contributed by atoms with van der Waals surface area (Å²) < 4.78 is 41.6. The van der Waals surface area contributed by atoms with E-state index in [4.69, 9.17) is 26.1 Å². The molecule has 0 aliphatic carbocycles. The van der Waals surface area contributed by atoms with E-state index in [1.165, 1.54) is 0 Å². The second kappa shape index (κ2) is 10.1. The van der Waals surface area contributed by atoms with Gasteiger partial charge in [-0.15, -0.1) is 0 Å². The van der Waals surface area contributed by atoms with E-state index >= 15 is 4.39 Å². The van der Waals surface area contributed by atoms with Gasteiger partial charge < -0.3 is 19.5 Å². The van der Waals surface area contributed by atoms with Crippen LogP contribution >= 0.6 is 20.3 Å². The van der Waals surface area contributed by atoms with Crippen molar-refractivity contribution in [1.82, 2.24) is 29.8 Å². The Balaban J connectivity index is 1.43. The van der Waals surface area contributed by atoms with Crippen molar-refractivity contribution in [3.8, 4) is 11.9 Å². The summed E-state index contributed by atoms with van der Waals surface area (Å²) in [5.41, 5.74) is 0.271. The minimum Gasteiger partial charge on any atom is -0.475 e. The number of nitrogens with one attached hydrogen (secondary N) is 1. The molecule has 10 nitrogen and oxygen atoms in total. The largest absolute Gasteiger partial charge is 0.475 e. The summed E-state index contributed by atoms with van der Waals surface area (Å²) in [7, 11) is 0.429. The molecule has 3 aromatic heterocycles. The van der Waals surface area contributed by atoms with Gasteiger partial charge in [-0.1, -0.05) is 11.6 Å². The lowest BCUT2D eigenvalue weighted by atomic mass is 9.95. The number of pyridine rings is 1. The highest BCUT2D eigenvalue weighted by Gasteiger charge is 2.49. The molecule has 0 saturated carbocycles. The number of alkyl halides is 1. The van der Waals surface area contributed by atoms with Crippen LogP contribution in [0.15, 0.2) is 12.4 Å². The summed E-state index contributed by atoms with van der Waals surface area (Å²) in [6.45, 7) is 6.11. The Morgan fingerprint density at radius 2 is 2.13 bits per heavy atom. The van der Waals surface area contributed by atoms with Gasteiger partial charge in [0.25, 0.3) is 0 Å². The van der Waals surface area contributed by atoms with Gasteiger partial charge in [0.2, 0.25) is 5.88 Å². The van der Waals surface area contributed by atoms with Crippen LogP contribution in [0.3, 0.4) is 0 Å². The standard InChI is InChI=1S/C24H28ClF2N8O2P/c1-13(17-20(33-38-2)29-6-5-28-17)35-8-9-36-22-15-18(16(27)19(25)31-22)30-23(32-21(15)35)37-12-24-4-3-7-34(24)11-14(26)10-24/h5-6,13-14,38H,3-4,7-12H2,1-2H3,(H,29,33)/t13-,14-,24+/m1/s1. The van der Waals surface area contributed by atoms with E-state index in [0.717, 1.165) is 19.4 Å². The van der Waals surface area contributed by atoms with E-state index in [2.05, 4.69) is 29.9 Å². The topological polar surface area (TPSA) is 101 Å². The summed E-state index contributed by atoms with van der Waals surface area (Å²) in [6, 6.07) is -0.317. The third-order valence-corrected chi connectivity index (χ3v) is 8.32. The summed E-state index contributed by atoms with van der Waals surface area (Å²) in [4.78, 5) is 26.4. The molecule has 0 bridgehead atoms. The Kier molecular flexibility index (Phi) is 6.82. The van der Waals surface area contributed by atoms with Crippen LogP contribution in [0.5, 0.6) is 11.9 Å². The van der Waals surface area contributed by atoms with Crippen LogP contribution in [-0.2, 0) is 0 Å². The molecule has 1 unspecified atom stereocenters. The first-order valence-corrected chi connectivity index (χ1v) is 14.5. The Morgan fingerprint density at radius 3 is 2.97 bits per heavy atom. The van der Waals surface area contributed by atoms with Crippen LogP contribution in [0.2, 0.25) is 5.15 Å². The first-order chi connectivity index (χ1) is 18.4. The molecule has 38 heavy (non-hydrogen) atoms. The monoisotopic (exact) mass is 564 g/mol. The summed E-state index contributed by atoms with van der Waals surface area (Å²) in [6.07, 6.45) is 4.59. The average Bonchev–Trinajstić information content (AvgIpc) is 3.37. The van der Waals surface area contributed by atoms with E-state index in [1.54, 1.807) is 12.4 Å². The lowest BCUT2D eigenvalue weighted by molar-refractivity contribution is 0.107. The van der Waals surface area contributed by atoms with Crippen molar-refractivity contribution in [2.45, 2.75) is 43.9 Å². The molecule has 3 aliphatic rings. The van der Waals surface area contributed by atoms with Gasteiger partial charge in [0.15, 0.2) is 16.8 Å². The molecule has 2 fully saturated rings. The summed E-state index contributed by atoms with van der Waals surface area (Å²) in [5.74, 6) is 0.443. The summed E-state index contributed by atoms with van der Waals surface area (Å²) >= 11 is 6.12. The third kappa shape index (κ3) is 4.36. The van der Waals surface area contributed by atoms with Gasteiger partial charge in [-0.3, -0.25) is 9.88 Å². The fourth-order valence-electron chi connectivity index (χ4n) is 5.84. The van der Waals surface area contributed by atoms with E-state index in [-0.39, 0.29) is 41.8 Å². The zero-order valence-corrected chi connectivity index (χ0v) is 22.8. The number of hydrogen-bond donors (Lipinski definition) is 1. The van der Waals surface area contributed by atoms with E-state index in [0.29, 0.717) is 51.0 Å². The molecule has 4 atom stereocenters. The molecular weight excluding hydrogens is 537 g/mol. The Bertz CT molecular complexity index is 1370. The molecule has 3 aromatic rings. The normalized spacial score (nSPS) is 24.0. The molecule has 0 spiro atoms. The van der Waals surface area contributed by atoms with Gasteiger partial charge in [-0.2, -0.15) is 15.0 Å². The minimum atomic E-state index is -0.891. The maximum absolute atomic E-state index is 15.3. The third-order valence-electron chi connectivity index (χ3n) is 7.58. The van der Waals surface area contributed by atoms with Gasteiger partial charge in [0.05, 0.1) is 18.1 Å². The predicted molar refractivity (Wildman–Crippen MR) is 142 cm³/mol. The van der Waals surface area contributed by atoms with Crippen LogP contribution < -0.4 is 19.5 Å². The zero-order chi connectivity index (χ0) is 26.4. The van der Waals surface area contributed by atoms with Gasteiger partial charge >= 0.3 is 6.01 Å². The summed E-state index contributed by atoms with van der Waals surface area (Å²) in [5, 5.41) is 3.24. The van der Waals surface area contributed by atoms with Crippen molar-refractivity contribution >= 4 is 42.9 Å². The molecule has 2 saturated heterocycles. The quantitative estimate of drug-likeness (QED) is 0.332. The molecular formula is C24H28ClF2N8O2P. The molecule has 6 heterocycles. The Hall–Kier alpha value is -2.69. The van der Waals surface area contributed by atoms with Crippen LogP contribution in [-0.4, -0.2) is 81.0 Å². The average molecular weight is 565 g/mol. The Labute approximate surface area is 225 Å². The molecule has 0 amide bonds. The van der Waals surface area contributed by atoms with Crippen molar-refractivity contribution < 1.29 is 18.3 Å². The number of aromatic nitrogens is 5. The van der Waals surface area contributed by atoms with E-state index in [1.807, 2.05) is 18.5 Å². The smallest absolute Gasteiger partial charge is 0.319 e. The van der Waals surface area contributed by atoms with Crippen LogP contribution in [0.4, 0.5) is 20.4 Å². The predicted octanol–water partition coefficient (Wildman–Crippen LogP) is 4.16. The zero-order valence-electron chi connectivity index (χ0n) is 21.0. The highest BCUT2D eigenvalue weighted by molar-refractivity contribution is 7.38. The van der Waals surface area contributed by atoms with Crippen LogP contribution in [0.25, 0.3) is 10.9 Å². The van der Waals surface area contributed by atoms with E-state index in [9.17, 15) is 4.39 Å². The maximum atomic E-state index is 15.3. The first-order valence-electron chi connectivity index (χ1n) is 12.6. The van der Waals surface area contributed by atoms with Crippen molar-refractivity contribution in [2.24, 2.45) is 0 Å². The van der Waals surface area contributed by atoms with Gasteiger partial charge in [0.1, 0.15) is 41.8 Å². The van der Waals surface area contributed by atoms with Gasteiger partial charge in [-0.05, 0) is 41.7 Å². The minimum absolute atomic E-state index is 0.00483. The van der Waals surface area contributed by atoms with Crippen molar-refractivity contribution in [1.29, 1.82) is 0 Å². The molecule has 0 radical (unpaired) electrons. The van der Waals surface area contributed by atoms with Crippen molar-refractivity contribution in [2.75, 3.05) is 49.5 Å². The highest BCUT2D eigenvalue weighted by atomic mass is 35.5. The number of fused-ring (bicyclic) bond motifs is 1. The first kappa shape index (κ1) is 25.6. The Morgan fingerprint density at radius 1 is 1.29 bits per heavy atom. The molecule has 3 aliphatic heterocycles. The fourth-order valence-corrected chi connectivity index (χ4v) is 6.44. The fraction of sp³-hybridized carbons (Fsp3) is 0.542. The second-order valence-corrected chi connectivity index (χ2v) is 10.9. The number of hydrogen-bond acceptors (Lipinski definition) is 10. The van der Waals surface area contributed by atoms with Crippen molar-refractivity contribution in [3.63, 3.8) is 0 Å². The molecule has 0 aromatic carbocycles. The molecule has 6 rings (SSSR count). The van der Waals surface area contributed by atoms with Gasteiger partial charge in [-0.25, -0.2) is 13.8 Å². The maximum Gasteiger partial charge on any atom is 0.319 e. The van der Waals surface area contributed by atoms with Crippen molar-refractivity contribution in [3.05, 3.63) is 29.1 Å². The number of nitrogens with zero attached hydrogens (tertiary/aromatic N) is 7. The highest BCUT2D eigenvalue weighted by Crippen LogP contribution is 2.43. The SMILES string of the molecule is CPNc1nccnc1[C@@H](C)N1CCOc2nc(Cl)c(F)c3nc(OC[C@@]45CCCN4C[C@H](F)C5)nc1c23.